The molecule has 0 aliphatic heterocycles. The molecule has 0 radical (unpaired) electrons. The maximum atomic E-state index is 5.12. The summed E-state index contributed by atoms with van der Waals surface area (Å²) in [5.41, 5.74) is 2.16. The summed E-state index contributed by atoms with van der Waals surface area (Å²) < 4.78 is 8.38. The third kappa shape index (κ3) is 2.87. The summed E-state index contributed by atoms with van der Waals surface area (Å²) in [7, 11) is 3.65. The summed E-state index contributed by atoms with van der Waals surface area (Å²) in [6.45, 7) is 0. The maximum Gasteiger partial charge on any atom is 0.211 e. The summed E-state index contributed by atoms with van der Waals surface area (Å²) in [4.78, 5) is 0.876. The number of para-hydroxylation sites is 1. The second-order valence-corrected chi connectivity index (χ2v) is 5.54. The van der Waals surface area contributed by atoms with E-state index < -0.39 is 0 Å². The van der Waals surface area contributed by atoms with Crippen LogP contribution in [0.3, 0.4) is 0 Å². The van der Waals surface area contributed by atoms with Crippen LogP contribution in [0.15, 0.2) is 58.7 Å². The van der Waals surface area contributed by atoms with E-state index in [4.69, 9.17) is 4.74 Å². The second kappa shape index (κ2) is 5.93. The molecular weight excluding hydrogens is 282 g/mol. The molecule has 0 aliphatic carbocycles. The molecule has 3 aromatic rings. The number of aryl methyl sites for hydroxylation is 1. The van der Waals surface area contributed by atoms with Crippen LogP contribution in [0.1, 0.15) is 5.56 Å². The van der Waals surface area contributed by atoms with Crippen molar-refractivity contribution in [1.82, 2.24) is 4.57 Å². The molecule has 0 bridgehead atoms. The Morgan fingerprint density at radius 2 is 1.86 bits per heavy atom. The quantitative estimate of drug-likeness (QED) is 0.540. The Hall–Kier alpha value is -2.40. The number of methoxy groups -OCH3 is 1. The molecule has 0 N–H and O–H groups in total. The molecule has 3 rings (SSSR count). The molecule has 0 fully saturated rings. The van der Waals surface area contributed by atoms with Gasteiger partial charge < -0.3 is 9.30 Å². The average molecular weight is 297 g/mol. The van der Waals surface area contributed by atoms with E-state index in [0.717, 1.165) is 16.1 Å². The largest absolute Gasteiger partial charge is 0.497 e. The van der Waals surface area contributed by atoms with Crippen LogP contribution in [-0.4, -0.2) is 17.9 Å². The Labute approximate surface area is 126 Å². The molecule has 2 aromatic carbocycles. The smallest absolute Gasteiger partial charge is 0.211 e. The van der Waals surface area contributed by atoms with Crippen molar-refractivity contribution < 1.29 is 4.74 Å². The number of fused-ring (bicyclic) bond motifs is 1. The lowest BCUT2D eigenvalue weighted by molar-refractivity contribution is 0.415. The fraction of sp³-hybridized carbons (Fsp3) is 0.125. The number of ether oxygens (including phenoxy) is 1. The van der Waals surface area contributed by atoms with E-state index in [1.54, 1.807) is 24.7 Å². The molecule has 0 unspecified atom stereocenters. The van der Waals surface area contributed by atoms with E-state index in [1.807, 2.05) is 48.0 Å². The Morgan fingerprint density at radius 3 is 2.57 bits per heavy atom. The SMILES string of the molecule is COc1ccc(/C=N/N=c2/sc3ccccc3n2C)cc1. The van der Waals surface area contributed by atoms with E-state index >= 15 is 0 Å². The highest BCUT2D eigenvalue weighted by molar-refractivity contribution is 7.16. The minimum absolute atomic E-state index is 0.833. The van der Waals surface area contributed by atoms with Gasteiger partial charge in [-0.2, -0.15) is 5.10 Å². The van der Waals surface area contributed by atoms with Crippen LogP contribution < -0.4 is 9.54 Å². The van der Waals surface area contributed by atoms with Gasteiger partial charge >= 0.3 is 0 Å². The molecule has 0 spiro atoms. The van der Waals surface area contributed by atoms with Gasteiger partial charge in [-0.25, -0.2) is 0 Å². The number of aromatic nitrogens is 1. The van der Waals surface area contributed by atoms with Gasteiger partial charge in [-0.05, 0) is 42.0 Å². The standard InChI is InChI=1S/C16H15N3OS/c1-19-14-5-3-4-6-15(14)21-16(19)18-17-11-12-7-9-13(20-2)10-8-12/h3-11H,1-2H3/b17-11+,18-16+. The predicted octanol–water partition coefficient (Wildman–Crippen LogP) is 3.18. The number of nitrogens with zero attached hydrogens (tertiary/aromatic N) is 3. The molecule has 106 valence electrons. The van der Waals surface area contributed by atoms with Crippen molar-refractivity contribution in [2.24, 2.45) is 17.3 Å². The van der Waals surface area contributed by atoms with Gasteiger partial charge in [0, 0.05) is 7.05 Å². The topological polar surface area (TPSA) is 38.9 Å². The third-order valence-corrected chi connectivity index (χ3v) is 4.28. The molecule has 21 heavy (non-hydrogen) atoms. The Morgan fingerprint density at radius 1 is 1.10 bits per heavy atom. The number of hydrogen-bond acceptors (Lipinski definition) is 4. The summed E-state index contributed by atoms with van der Waals surface area (Å²) >= 11 is 1.63. The fourth-order valence-corrected chi connectivity index (χ4v) is 2.99. The molecule has 0 atom stereocenters. The second-order valence-electron chi connectivity index (χ2n) is 4.53. The first kappa shape index (κ1) is 13.6. The number of thiazole rings is 1. The van der Waals surface area contributed by atoms with E-state index in [0.29, 0.717) is 0 Å². The van der Waals surface area contributed by atoms with E-state index in [1.165, 1.54) is 10.2 Å². The zero-order valence-corrected chi connectivity index (χ0v) is 12.7. The average Bonchev–Trinajstić information content (AvgIpc) is 2.85. The molecule has 5 heteroatoms. The minimum atomic E-state index is 0.833. The first-order chi connectivity index (χ1) is 10.3. The molecule has 0 aliphatic rings. The van der Waals surface area contributed by atoms with Crippen molar-refractivity contribution >= 4 is 27.8 Å². The normalized spacial score (nSPS) is 12.4. The van der Waals surface area contributed by atoms with E-state index in [2.05, 4.69) is 22.3 Å². The minimum Gasteiger partial charge on any atom is -0.497 e. The highest BCUT2D eigenvalue weighted by atomic mass is 32.1. The highest BCUT2D eigenvalue weighted by Crippen LogP contribution is 2.15. The molecule has 1 aromatic heterocycles. The van der Waals surface area contributed by atoms with Gasteiger partial charge in [0.05, 0.1) is 23.5 Å². The third-order valence-electron chi connectivity index (χ3n) is 3.18. The van der Waals surface area contributed by atoms with Crippen molar-refractivity contribution in [3.63, 3.8) is 0 Å². The molecule has 4 nitrogen and oxygen atoms in total. The Bertz CT molecular complexity index is 844. The van der Waals surface area contributed by atoms with E-state index in [-0.39, 0.29) is 0 Å². The van der Waals surface area contributed by atoms with Gasteiger partial charge in [0.15, 0.2) is 0 Å². The summed E-state index contributed by atoms with van der Waals surface area (Å²) in [5.74, 6) is 0.833. The fourth-order valence-electron chi connectivity index (χ4n) is 2.01. The van der Waals surface area contributed by atoms with Crippen LogP contribution in [0.4, 0.5) is 0 Å². The molecule has 0 saturated carbocycles. The van der Waals surface area contributed by atoms with Crippen LogP contribution >= 0.6 is 11.3 Å². The van der Waals surface area contributed by atoms with Crippen LogP contribution in [0.2, 0.25) is 0 Å². The van der Waals surface area contributed by atoms with Crippen LogP contribution in [0.25, 0.3) is 10.2 Å². The lowest BCUT2D eigenvalue weighted by Crippen LogP contribution is -2.08. The van der Waals surface area contributed by atoms with Crippen molar-refractivity contribution in [1.29, 1.82) is 0 Å². The zero-order valence-electron chi connectivity index (χ0n) is 11.9. The first-order valence-corrected chi connectivity index (χ1v) is 7.35. The predicted molar refractivity (Wildman–Crippen MR) is 86.9 cm³/mol. The first-order valence-electron chi connectivity index (χ1n) is 6.53. The van der Waals surface area contributed by atoms with Gasteiger partial charge in [-0.15, -0.1) is 5.10 Å². The van der Waals surface area contributed by atoms with Crippen LogP contribution in [0.5, 0.6) is 5.75 Å². The van der Waals surface area contributed by atoms with Gasteiger partial charge in [-0.1, -0.05) is 23.5 Å². The van der Waals surface area contributed by atoms with Gasteiger partial charge in [-0.3, -0.25) is 0 Å². The summed E-state index contributed by atoms with van der Waals surface area (Å²) in [5, 5.41) is 8.47. The Balaban J connectivity index is 1.89. The lowest BCUT2D eigenvalue weighted by Gasteiger charge is -1.97. The maximum absolute atomic E-state index is 5.12. The van der Waals surface area contributed by atoms with Crippen molar-refractivity contribution in [2.75, 3.05) is 7.11 Å². The van der Waals surface area contributed by atoms with Crippen molar-refractivity contribution in [3.8, 4) is 5.75 Å². The van der Waals surface area contributed by atoms with Crippen LogP contribution in [0, 0.1) is 0 Å². The lowest BCUT2D eigenvalue weighted by atomic mass is 10.2. The number of hydrogen-bond donors (Lipinski definition) is 0. The Kier molecular flexibility index (Phi) is 3.83. The van der Waals surface area contributed by atoms with Gasteiger partial charge in [0.2, 0.25) is 4.80 Å². The number of rotatable bonds is 3. The number of benzene rings is 2. The molecule has 0 saturated heterocycles. The summed E-state index contributed by atoms with van der Waals surface area (Å²) in [6, 6.07) is 15.9. The zero-order chi connectivity index (χ0) is 14.7. The van der Waals surface area contributed by atoms with Crippen molar-refractivity contribution in [3.05, 3.63) is 58.9 Å². The highest BCUT2D eigenvalue weighted by Gasteiger charge is 2.00. The van der Waals surface area contributed by atoms with E-state index in [9.17, 15) is 0 Å². The van der Waals surface area contributed by atoms with Gasteiger partial charge in [0.25, 0.3) is 0 Å². The van der Waals surface area contributed by atoms with Gasteiger partial charge in [0.1, 0.15) is 5.75 Å². The molecular formula is C16H15N3OS. The molecule has 0 amide bonds. The monoisotopic (exact) mass is 297 g/mol. The van der Waals surface area contributed by atoms with Crippen molar-refractivity contribution in [2.45, 2.75) is 0 Å². The summed E-state index contributed by atoms with van der Waals surface area (Å²) in [6.07, 6.45) is 1.74. The van der Waals surface area contributed by atoms with Crippen LogP contribution in [-0.2, 0) is 7.05 Å². The molecule has 1 heterocycles.